The molecule has 0 saturated heterocycles. The largest absolute Gasteiger partial charge is 0.490 e. The number of nitrogens with zero attached hydrogens (tertiary/aromatic N) is 7. The fraction of sp³-hybridized carbons (Fsp3) is 0.425. The summed E-state index contributed by atoms with van der Waals surface area (Å²) in [7, 11) is 4.46. The summed E-state index contributed by atoms with van der Waals surface area (Å²) in [5, 5.41) is 9.59. The van der Waals surface area contributed by atoms with Gasteiger partial charge in [0.1, 0.15) is 6.73 Å². The van der Waals surface area contributed by atoms with Crippen LogP contribution in [0.25, 0.3) is 10.2 Å². The van der Waals surface area contributed by atoms with Gasteiger partial charge in [-0.1, -0.05) is 61.9 Å². The van der Waals surface area contributed by atoms with Crippen molar-refractivity contribution >= 4 is 63.7 Å². The summed E-state index contributed by atoms with van der Waals surface area (Å²) in [5.41, 5.74) is 2.71. The van der Waals surface area contributed by atoms with Gasteiger partial charge in [-0.25, -0.2) is 14.2 Å². The standard InChI is InChI=1S/C40H50FN7O4S2Si/c1-10-51-38(49)36-34(22-27(2)25-52-32-18-17-29(24-30(32)41)14-13-19-46(4)5)54-39(42-36)47(6)35-23-28(3)37(45-44-35)43-40-48(26-50-20-21-55(7,8)9)31-15-11-12-16-33(31)53-40/h11-12,15-18,23-24,27H,10,19-22,25-26H2,1-9H3/b43-40-. The molecule has 0 aliphatic rings. The molecule has 3 aromatic heterocycles. The van der Waals surface area contributed by atoms with E-state index in [-0.39, 0.29) is 30.6 Å². The highest BCUT2D eigenvalue weighted by molar-refractivity contribution is 7.16. The highest BCUT2D eigenvalue weighted by Gasteiger charge is 2.24. The van der Waals surface area contributed by atoms with Crippen molar-refractivity contribution in [2.45, 2.75) is 59.6 Å². The van der Waals surface area contributed by atoms with Crippen LogP contribution >= 0.6 is 22.7 Å². The van der Waals surface area contributed by atoms with E-state index in [1.54, 1.807) is 35.3 Å². The maximum atomic E-state index is 14.8. The van der Waals surface area contributed by atoms with Crippen molar-refractivity contribution in [1.82, 2.24) is 24.6 Å². The zero-order valence-electron chi connectivity index (χ0n) is 33.1. The molecule has 5 aromatic rings. The van der Waals surface area contributed by atoms with Gasteiger partial charge in [0.25, 0.3) is 0 Å². The lowest BCUT2D eigenvalue weighted by atomic mass is 10.1. The molecule has 55 heavy (non-hydrogen) atoms. The molecule has 0 fully saturated rings. The number of thiazole rings is 2. The Morgan fingerprint density at radius 1 is 1.09 bits per heavy atom. The second kappa shape index (κ2) is 18.9. The quantitative estimate of drug-likeness (QED) is 0.0424. The third kappa shape index (κ3) is 11.5. The molecule has 5 rings (SSSR count). The van der Waals surface area contributed by atoms with Gasteiger partial charge in [0.05, 0.1) is 30.0 Å². The Kier molecular flexibility index (Phi) is 14.3. The number of anilines is 2. The minimum absolute atomic E-state index is 0.0731. The second-order valence-electron chi connectivity index (χ2n) is 14.8. The monoisotopic (exact) mass is 803 g/mol. The molecule has 0 saturated carbocycles. The van der Waals surface area contributed by atoms with Crippen molar-refractivity contribution in [3.8, 4) is 17.6 Å². The molecule has 2 aromatic carbocycles. The van der Waals surface area contributed by atoms with Crippen LogP contribution in [-0.4, -0.2) is 86.2 Å². The number of benzene rings is 2. The maximum Gasteiger partial charge on any atom is 0.358 e. The maximum absolute atomic E-state index is 14.8. The summed E-state index contributed by atoms with van der Waals surface area (Å²) in [4.78, 5) is 27.9. The number of para-hydroxylation sites is 1. The number of ether oxygens (including phenoxy) is 3. The molecule has 1 unspecified atom stereocenters. The van der Waals surface area contributed by atoms with E-state index in [0.717, 1.165) is 31.5 Å². The Hall–Kier alpha value is -4.46. The fourth-order valence-electron chi connectivity index (χ4n) is 5.28. The van der Waals surface area contributed by atoms with E-state index in [9.17, 15) is 9.18 Å². The lowest BCUT2D eigenvalue weighted by Gasteiger charge is -2.16. The molecule has 3 heterocycles. The molecule has 292 valence electrons. The van der Waals surface area contributed by atoms with Crippen molar-refractivity contribution in [1.29, 1.82) is 0 Å². The van der Waals surface area contributed by atoms with Gasteiger partial charge in [-0.05, 0) is 88.3 Å². The predicted molar refractivity (Wildman–Crippen MR) is 222 cm³/mol. The molecular formula is C40H50FN7O4S2Si. The molecule has 0 bridgehead atoms. The van der Waals surface area contributed by atoms with Gasteiger partial charge in [-0.2, -0.15) is 4.99 Å². The number of halogens is 1. The number of rotatable bonds is 16. The molecule has 0 N–H and O–H groups in total. The zero-order valence-corrected chi connectivity index (χ0v) is 35.7. The Labute approximate surface area is 331 Å². The van der Waals surface area contributed by atoms with E-state index in [1.807, 2.05) is 58.1 Å². The summed E-state index contributed by atoms with van der Waals surface area (Å²) < 4.78 is 35.4. The Morgan fingerprint density at radius 3 is 2.58 bits per heavy atom. The van der Waals surface area contributed by atoms with Crippen LogP contribution in [0.15, 0.2) is 53.5 Å². The van der Waals surface area contributed by atoms with Crippen molar-refractivity contribution in [2.75, 3.05) is 52.4 Å². The molecule has 0 amide bonds. The Morgan fingerprint density at radius 2 is 1.87 bits per heavy atom. The average molecular weight is 804 g/mol. The van der Waals surface area contributed by atoms with Crippen molar-refractivity contribution in [2.24, 2.45) is 10.9 Å². The van der Waals surface area contributed by atoms with E-state index in [4.69, 9.17) is 24.2 Å². The lowest BCUT2D eigenvalue weighted by Crippen LogP contribution is -2.23. The highest BCUT2D eigenvalue weighted by atomic mass is 32.1. The van der Waals surface area contributed by atoms with Crippen LogP contribution in [0, 0.1) is 30.5 Å². The van der Waals surface area contributed by atoms with Gasteiger partial charge in [-0.3, -0.25) is 9.47 Å². The molecule has 0 spiro atoms. The van der Waals surface area contributed by atoms with Crippen LogP contribution in [-0.2, 0) is 22.6 Å². The normalized spacial score (nSPS) is 12.5. The minimum atomic E-state index is -1.22. The summed E-state index contributed by atoms with van der Waals surface area (Å²) in [6.07, 6.45) is 0.467. The smallest absolute Gasteiger partial charge is 0.358 e. The highest BCUT2D eigenvalue weighted by Crippen LogP contribution is 2.33. The molecule has 11 nitrogen and oxygen atoms in total. The lowest BCUT2D eigenvalue weighted by molar-refractivity contribution is 0.0519. The van der Waals surface area contributed by atoms with Crippen LogP contribution in [0.4, 0.5) is 21.2 Å². The number of aryl methyl sites for hydroxylation is 1. The zero-order chi connectivity index (χ0) is 39.7. The van der Waals surface area contributed by atoms with E-state index < -0.39 is 19.9 Å². The van der Waals surface area contributed by atoms with Crippen LogP contribution in [0.3, 0.4) is 0 Å². The third-order valence-electron chi connectivity index (χ3n) is 8.35. The second-order valence-corrected chi connectivity index (χ2v) is 22.5. The first-order valence-corrected chi connectivity index (χ1v) is 23.6. The van der Waals surface area contributed by atoms with Crippen LogP contribution in [0.5, 0.6) is 5.75 Å². The number of carbonyl (C=O) groups excluding carboxylic acids is 1. The molecule has 0 aliphatic carbocycles. The number of esters is 1. The third-order valence-corrected chi connectivity index (χ3v) is 12.3. The van der Waals surface area contributed by atoms with Crippen molar-refractivity contribution < 1.29 is 23.4 Å². The average Bonchev–Trinajstić information content (AvgIpc) is 3.71. The van der Waals surface area contributed by atoms with Gasteiger partial charge >= 0.3 is 5.97 Å². The molecule has 1 atom stereocenters. The number of hydrogen-bond acceptors (Lipinski definition) is 12. The topological polar surface area (TPSA) is 107 Å². The summed E-state index contributed by atoms with van der Waals surface area (Å²) >= 11 is 2.95. The Bertz CT molecular complexity index is 2240. The fourth-order valence-corrected chi connectivity index (χ4v) is 8.23. The first-order chi connectivity index (χ1) is 26.2. The molecule has 0 radical (unpaired) electrons. The molecule has 0 aliphatic heterocycles. The molecule has 15 heteroatoms. The van der Waals surface area contributed by atoms with Gasteiger partial charge in [0, 0.05) is 32.2 Å². The first kappa shape index (κ1) is 41.7. The SMILES string of the molecule is CCOC(=O)c1nc(N(C)c2cc(C)c(/N=c3\sc4ccccc4n3COCC[Si](C)(C)C)nn2)sc1CC(C)COc1ccc(C#CCN(C)C)cc1F. The van der Waals surface area contributed by atoms with Gasteiger partial charge in [-0.15, -0.1) is 21.5 Å². The molecular weight excluding hydrogens is 754 g/mol. The van der Waals surface area contributed by atoms with E-state index in [2.05, 4.69) is 58.4 Å². The summed E-state index contributed by atoms with van der Waals surface area (Å²) in [6, 6.07) is 15.9. The summed E-state index contributed by atoms with van der Waals surface area (Å²) in [6.45, 7) is 14.8. The first-order valence-electron chi connectivity index (χ1n) is 18.2. The van der Waals surface area contributed by atoms with E-state index in [1.165, 1.54) is 17.4 Å². The predicted octanol–water partition coefficient (Wildman–Crippen LogP) is 8.06. The van der Waals surface area contributed by atoms with Crippen LogP contribution in [0.2, 0.25) is 25.7 Å². The van der Waals surface area contributed by atoms with Gasteiger partial charge < -0.3 is 19.1 Å². The summed E-state index contributed by atoms with van der Waals surface area (Å²) in [5.74, 6) is 6.13. The van der Waals surface area contributed by atoms with Crippen molar-refractivity contribution in [3.63, 3.8) is 0 Å². The van der Waals surface area contributed by atoms with Crippen LogP contribution < -0.4 is 14.4 Å². The number of fused-ring (bicyclic) bond motifs is 1. The van der Waals surface area contributed by atoms with Crippen molar-refractivity contribution in [3.05, 3.63) is 80.8 Å². The van der Waals surface area contributed by atoms with Gasteiger partial charge in [0.2, 0.25) is 0 Å². The minimum Gasteiger partial charge on any atom is -0.490 e. The van der Waals surface area contributed by atoms with Crippen LogP contribution in [0.1, 0.15) is 40.3 Å². The number of carbonyl (C=O) groups is 1. The number of hydrogen-bond donors (Lipinski definition) is 0. The van der Waals surface area contributed by atoms with E-state index in [0.29, 0.717) is 48.6 Å². The van der Waals surface area contributed by atoms with E-state index >= 15 is 0 Å². The Balaban J connectivity index is 1.32. The van der Waals surface area contributed by atoms with Gasteiger partial charge in [0.15, 0.2) is 38.8 Å². The number of aromatic nitrogens is 4.